The Morgan fingerprint density at radius 3 is 2.41 bits per heavy atom. The van der Waals surface area contributed by atoms with Crippen molar-refractivity contribution in [1.82, 2.24) is 15.1 Å². The lowest BCUT2D eigenvalue weighted by Crippen LogP contribution is -2.44. The summed E-state index contributed by atoms with van der Waals surface area (Å²) in [5, 5.41) is 13.1. The Balaban J connectivity index is 1.56. The second-order valence-corrected chi connectivity index (χ2v) is 7.83. The molecule has 1 aromatic rings. The first-order valence-electron chi connectivity index (χ1n) is 10.2. The number of hydrogen-bond acceptors (Lipinski definition) is 4. The van der Waals surface area contributed by atoms with Crippen molar-refractivity contribution in [3.05, 3.63) is 35.4 Å². The van der Waals surface area contributed by atoms with Crippen LogP contribution in [0.4, 0.5) is 0 Å². The van der Waals surface area contributed by atoms with Crippen LogP contribution in [0.15, 0.2) is 29.3 Å². The lowest BCUT2D eigenvalue weighted by atomic mass is 10.1. The van der Waals surface area contributed by atoms with Gasteiger partial charge in [0.1, 0.15) is 0 Å². The number of ether oxygens (including phenoxy) is 1. The van der Waals surface area contributed by atoms with Crippen LogP contribution in [0.3, 0.4) is 0 Å². The lowest BCUT2D eigenvalue weighted by molar-refractivity contribution is -0.0704. The first-order valence-corrected chi connectivity index (χ1v) is 10.2. The summed E-state index contributed by atoms with van der Waals surface area (Å²) in [6.45, 7) is 12.3. The molecule has 150 valence electrons. The molecular formula is C21H34N4O2. The van der Waals surface area contributed by atoms with Crippen molar-refractivity contribution in [1.29, 1.82) is 0 Å². The molecule has 2 N–H and O–H groups in total. The van der Waals surface area contributed by atoms with Crippen molar-refractivity contribution in [2.24, 2.45) is 4.99 Å². The average molecular weight is 375 g/mol. The zero-order valence-electron chi connectivity index (χ0n) is 16.9. The van der Waals surface area contributed by atoms with E-state index in [0.29, 0.717) is 25.3 Å². The monoisotopic (exact) mass is 374 g/mol. The van der Waals surface area contributed by atoms with Crippen molar-refractivity contribution in [2.45, 2.75) is 58.6 Å². The van der Waals surface area contributed by atoms with Crippen LogP contribution in [0.5, 0.6) is 0 Å². The molecule has 6 heteroatoms. The van der Waals surface area contributed by atoms with Gasteiger partial charge in [0.05, 0.1) is 24.9 Å². The van der Waals surface area contributed by atoms with Gasteiger partial charge in [-0.15, -0.1) is 0 Å². The highest BCUT2D eigenvalue weighted by atomic mass is 16.5. The second kappa shape index (κ2) is 9.53. The maximum absolute atomic E-state index is 9.76. The van der Waals surface area contributed by atoms with Gasteiger partial charge in [-0.3, -0.25) is 4.90 Å². The predicted octanol–water partition coefficient (Wildman–Crippen LogP) is 1.83. The number of nitrogens with one attached hydrogen (secondary N) is 1. The van der Waals surface area contributed by atoms with Crippen molar-refractivity contribution in [3.8, 4) is 0 Å². The number of nitrogens with zero attached hydrogens (tertiary/aromatic N) is 3. The molecule has 2 heterocycles. The number of hydrogen-bond donors (Lipinski definition) is 2. The van der Waals surface area contributed by atoms with E-state index in [0.717, 1.165) is 45.1 Å². The van der Waals surface area contributed by atoms with Crippen molar-refractivity contribution in [2.75, 3.05) is 32.7 Å². The predicted molar refractivity (Wildman–Crippen MR) is 109 cm³/mol. The fraction of sp³-hybridized carbons (Fsp3) is 0.667. The molecule has 1 aromatic carbocycles. The number of aliphatic imine (C=N–C) groups is 1. The molecule has 2 fully saturated rings. The molecule has 2 aliphatic heterocycles. The topological polar surface area (TPSA) is 60.3 Å². The summed E-state index contributed by atoms with van der Waals surface area (Å²) in [7, 11) is 0. The third-order valence-corrected chi connectivity index (χ3v) is 5.13. The number of morpholine rings is 1. The Hall–Kier alpha value is -1.63. The number of likely N-dealkylation sites (tertiary alicyclic amines) is 1. The molecular weight excluding hydrogens is 340 g/mol. The molecule has 0 bridgehead atoms. The Bertz CT molecular complexity index is 609. The van der Waals surface area contributed by atoms with E-state index in [1.54, 1.807) is 0 Å². The fourth-order valence-corrected chi connectivity index (χ4v) is 3.95. The highest BCUT2D eigenvalue weighted by Gasteiger charge is 2.23. The van der Waals surface area contributed by atoms with Crippen LogP contribution in [0.1, 0.15) is 38.3 Å². The van der Waals surface area contributed by atoms with Gasteiger partial charge in [0.25, 0.3) is 0 Å². The molecule has 3 rings (SSSR count). The van der Waals surface area contributed by atoms with Crippen molar-refractivity contribution >= 4 is 5.96 Å². The maximum atomic E-state index is 9.76. The Morgan fingerprint density at radius 1 is 1.15 bits per heavy atom. The molecule has 2 aliphatic rings. The Kier molecular flexibility index (Phi) is 7.10. The minimum Gasteiger partial charge on any atom is -0.391 e. The minimum absolute atomic E-state index is 0.237. The average Bonchev–Trinajstić information content (AvgIpc) is 3.05. The van der Waals surface area contributed by atoms with Crippen LogP contribution in [0.2, 0.25) is 0 Å². The molecule has 0 spiro atoms. The highest BCUT2D eigenvalue weighted by molar-refractivity contribution is 5.80. The molecule has 2 unspecified atom stereocenters. The number of aliphatic hydroxyl groups is 1. The van der Waals surface area contributed by atoms with Gasteiger partial charge in [0.15, 0.2) is 5.96 Å². The van der Waals surface area contributed by atoms with Crippen LogP contribution < -0.4 is 5.32 Å². The van der Waals surface area contributed by atoms with E-state index in [4.69, 9.17) is 9.73 Å². The normalized spacial score (nSPS) is 27.2. The molecule has 27 heavy (non-hydrogen) atoms. The molecule has 6 nitrogen and oxygen atoms in total. The van der Waals surface area contributed by atoms with Gasteiger partial charge in [-0.2, -0.15) is 0 Å². The van der Waals surface area contributed by atoms with E-state index in [9.17, 15) is 5.11 Å². The quantitative estimate of drug-likeness (QED) is 0.608. The molecule has 0 saturated carbocycles. The zero-order chi connectivity index (χ0) is 19.2. The second-order valence-electron chi connectivity index (χ2n) is 7.83. The molecule has 0 aliphatic carbocycles. The van der Waals surface area contributed by atoms with Crippen LogP contribution in [0.25, 0.3) is 0 Å². The van der Waals surface area contributed by atoms with E-state index >= 15 is 0 Å². The Labute approximate surface area is 163 Å². The van der Waals surface area contributed by atoms with Gasteiger partial charge < -0.3 is 20.1 Å². The highest BCUT2D eigenvalue weighted by Crippen LogP contribution is 2.15. The number of rotatable bonds is 5. The van der Waals surface area contributed by atoms with Crippen molar-refractivity contribution in [3.63, 3.8) is 0 Å². The number of benzene rings is 1. The van der Waals surface area contributed by atoms with Crippen LogP contribution in [-0.2, 0) is 17.8 Å². The molecule has 0 radical (unpaired) electrons. The van der Waals surface area contributed by atoms with E-state index in [1.165, 1.54) is 11.1 Å². The first kappa shape index (κ1) is 20.1. The summed E-state index contributed by atoms with van der Waals surface area (Å²) in [4.78, 5) is 9.37. The van der Waals surface area contributed by atoms with Gasteiger partial charge in [0.2, 0.25) is 0 Å². The largest absolute Gasteiger partial charge is 0.391 e. The molecule has 3 atom stereocenters. The van der Waals surface area contributed by atoms with Gasteiger partial charge in [-0.05, 0) is 38.3 Å². The minimum atomic E-state index is -0.237. The maximum Gasteiger partial charge on any atom is 0.194 e. The SMILES string of the molecule is CCNC(=NCc1ccc(CN2CC(C)OC(C)C2)cc1)N1CC[C@@H](O)C1. The van der Waals surface area contributed by atoms with E-state index in [2.05, 4.69) is 60.2 Å². The molecule has 0 aromatic heterocycles. The third kappa shape index (κ3) is 5.92. The summed E-state index contributed by atoms with van der Waals surface area (Å²) < 4.78 is 5.81. The summed E-state index contributed by atoms with van der Waals surface area (Å²) in [5.74, 6) is 0.898. The Morgan fingerprint density at radius 2 is 1.81 bits per heavy atom. The van der Waals surface area contributed by atoms with E-state index in [1.807, 2.05) is 0 Å². The van der Waals surface area contributed by atoms with E-state index in [-0.39, 0.29) is 6.10 Å². The fourth-order valence-electron chi connectivity index (χ4n) is 3.95. The van der Waals surface area contributed by atoms with Gasteiger partial charge >= 0.3 is 0 Å². The van der Waals surface area contributed by atoms with E-state index < -0.39 is 0 Å². The van der Waals surface area contributed by atoms with Crippen LogP contribution in [-0.4, -0.2) is 71.9 Å². The van der Waals surface area contributed by atoms with Crippen LogP contribution >= 0.6 is 0 Å². The smallest absolute Gasteiger partial charge is 0.194 e. The zero-order valence-corrected chi connectivity index (χ0v) is 16.9. The summed E-state index contributed by atoms with van der Waals surface area (Å²) in [6, 6.07) is 8.77. The van der Waals surface area contributed by atoms with Gasteiger partial charge in [-0.25, -0.2) is 4.99 Å². The lowest BCUT2D eigenvalue weighted by Gasteiger charge is -2.35. The van der Waals surface area contributed by atoms with Gasteiger partial charge in [0, 0.05) is 39.3 Å². The number of aliphatic hydroxyl groups excluding tert-OH is 1. The number of guanidine groups is 1. The molecule has 0 amide bonds. The van der Waals surface area contributed by atoms with Gasteiger partial charge in [-0.1, -0.05) is 24.3 Å². The molecule has 2 saturated heterocycles. The first-order chi connectivity index (χ1) is 13.0. The summed E-state index contributed by atoms with van der Waals surface area (Å²) in [6.07, 6.45) is 1.18. The third-order valence-electron chi connectivity index (χ3n) is 5.13. The summed E-state index contributed by atoms with van der Waals surface area (Å²) >= 11 is 0. The number of β-amino-alcohol motifs (C(OH)–C–C–N with tert-alkyl or cyclic N) is 1. The standard InChI is InChI=1S/C21H34N4O2/c1-4-22-21(25-10-9-20(26)15-25)23-11-18-5-7-19(8-6-18)14-24-12-16(2)27-17(3)13-24/h5-8,16-17,20,26H,4,9-15H2,1-3H3,(H,22,23)/t16?,17?,20-/m1/s1. The summed E-state index contributed by atoms with van der Waals surface area (Å²) in [5.41, 5.74) is 2.54. The van der Waals surface area contributed by atoms with Crippen molar-refractivity contribution < 1.29 is 9.84 Å². The van der Waals surface area contributed by atoms with Crippen LogP contribution in [0, 0.1) is 0 Å².